The van der Waals surface area contributed by atoms with Crippen LogP contribution in [-0.2, 0) is 0 Å². The number of nitrogens with one attached hydrogen (secondary N) is 1. The molecule has 1 aliphatic rings. The average molecular weight is 244 g/mol. The van der Waals surface area contributed by atoms with Crippen LogP contribution >= 0.6 is 0 Å². The molecule has 18 heavy (non-hydrogen) atoms. The predicted octanol–water partition coefficient (Wildman–Crippen LogP) is 3.58. The van der Waals surface area contributed by atoms with Gasteiger partial charge in [0.2, 0.25) is 0 Å². The number of hydrogen-bond acceptors (Lipinski definition) is 3. The Kier molecular flexibility index (Phi) is 3.21. The van der Waals surface area contributed by atoms with Crippen molar-refractivity contribution in [3.05, 3.63) is 24.3 Å². The first-order valence-corrected chi connectivity index (χ1v) is 6.32. The fourth-order valence-electron chi connectivity index (χ4n) is 2.75. The third-order valence-electron chi connectivity index (χ3n) is 3.68. The minimum Gasteiger partial charge on any atom is -0.497 e. The summed E-state index contributed by atoms with van der Waals surface area (Å²) in [5, 5.41) is 12.9. The quantitative estimate of drug-likeness (QED) is 0.884. The molecule has 1 aromatic rings. The fourth-order valence-corrected chi connectivity index (χ4v) is 2.75. The Morgan fingerprint density at radius 2 is 2.11 bits per heavy atom. The van der Waals surface area contributed by atoms with E-state index < -0.39 is 5.54 Å². The van der Waals surface area contributed by atoms with Gasteiger partial charge in [0.05, 0.1) is 13.2 Å². The molecule has 0 spiro atoms. The summed E-state index contributed by atoms with van der Waals surface area (Å²) in [5.74, 6) is 0.811. The van der Waals surface area contributed by atoms with Crippen LogP contribution in [0.15, 0.2) is 24.3 Å². The molecule has 1 unspecified atom stereocenters. The first-order chi connectivity index (χ1) is 8.49. The summed E-state index contributed by atoms with van der Waals surface area (Å²) < 4.78 is 5.20. The van der Waals surface area contributed by atoms with Gasteiger partial charge in [-0.1, -0.05) is 19.9 Å². The molecule has 96 valence electrons. The third-order valence-corrected chi connectivity index (χ3v) is 3.68. The molecule has 0 heterocycles. The summed E-state index contributed by atoms with van der Waals surface area (Å²) in [7, 11) is 1.65. The molecule has 0 amide bonds. The standard InChI is InChI=1S/C15H20N2O/c1-14(2)7-8-15(10-14,11-16)17-12-5-4-6-13(9-12)18-3/h4-6,9,17H,7-8,10H2,1-3H3. The van der Waals surface area contributed by atoms with Crippen molar-refractivity contribution < 1.29 is 4.74 Å². The van der Waals surface area contributed by atoms with E-state index in [1.807, 2.05) is 24.3 Å². The summed E-state index contributed by atoms with van der Waals surface area (Å²) >= 11 is 0. The Bertz CT molecular complexity index is 476. The lowest BCUT2D eigenvalue weighted by Crippen LogP contribution is -2.34. The lowest BCUT2D eigenvalue weighted by molar-refractivity contribution is 0.368. The number of ether oxygens (including phenoxy) is 1. The second-order valence-corrected chi connectivity index (χ2v) is 5.89. The molecule has 3 heteroatoms. The molecule has 1 atom stereocenters. The van der Waals surface area contributed by atoms with E-state index in [1.54, 1.807) is 7.11 Å². The lowest BCUT2D eigenvalue weighted by Gasteiger charge is -2.26. The molecule has 2 rings (SSSR count). The third kappa shape index (κ3) is 2.59. The molecule has 1 aromatic carbocycles. The maximum absolute atomic E-state index is 9.49. The maximum Gasteiger partial charge on any atom is 0.125 e. The molecular formula is C15H20N2O. The SMILES string of the molecule is COc1cccc(NC2(C#N)CCC(C)(C)C2)c1. The Morgan fingerprint density at radius 1 is 1.33 bits per heavy atom. The highest BCUT2D eigenvalue weighted by Gasteiger charge is 2.43. The number of nitrogens with zero attached hydrogens (tertiary/aromatic N) is 1. The molecule has 1 fully saturated rings. The minimum atomic E-state index is -0.435. The zero-order valence-corrected chi connectivity index (χ0v) is 11.3. The highest BCUT2D eigenvalue weighted by Crippen LogP contribution is 2.45. The van der Waals surface area contributed by atoms with Crippen LogP contribution < -0.4 is 10.1 Å². The summed E-state index contributed by atoms with van der Waals surface area (Å²) in [6, 6.07) is 10.2. The normalized spacial score (nSPS) is 25.4. The van der Waals surface area contributed by atoms with Gasteiger partial charge in [-0.2, -0.15) is 5.26 Å². The van der Waals surface area contributed by atoms with Gasteiger partial charge < -0.3 is 10.1 Å². The van der Waals surface area contributed by atoms with Gasteiger partial charge >= 0.3 is 0 Å². The van der Waals surface area contributed by atoms with E-state index >= 15 is 0 Å². The highest BCUT2D eigenvalue weighted by molar-refractivity contribution is 5.52. The van der Waals surface area contributed by atoms with E-state index in [0.29, 0.717) is 0 Å². The van der Waals surface area contributed by atoms with Gasteiger partial charge in [-0.15, -0.1) is 0 Å². The van der Waals surface area contributed by atoms with E-state index in [0.717, 1.165) is 30.7 Å². The Morgan fingerprint density at radius 3 is 2.67 bits per heavy atom. The Labute approximate surface area is 109 Å². The van der Waals surface area contributed by atoms with Crippen molar-refractivity contribution in [1.29, 1.82) is 5.26 Å². The molecule has 0 saturated heterocycles. The van der Waals surface area contributed by atoms with Crippen LogP contribution in [0, 0.1) is 16.7 Å². The van der Waals surface area contributed by atoms with Crippen LogP contribution in [0.4, 0.5) is 5.69 Å². The monoisotopic (exact) mass is 244 g/mol. The molecule has 1 N–H and O–H groups in total. The van der Waals surface area contributed by atoms with Crippen molar-refractivity contribution in [1.82, 2.24) is 0 Å². The van der Waals surface area contributed by atoms with Crippen molar-refractivity contribution in [2.45, 2.75) is 38.6 Å². The van der Waals surface area contributed by atoms with Crippen LogP contribution in [0.1, 0.15) is 33.1 Å². The second kappa shape index (κ2) is 4.53. The smallest absolute Gasteiger partial charge is 0.125 e. The van der Waals surface area contributed by atoms with Gasteiger partial charge in [0.25, 0.3) is 0 Å². The first kappa shape index (κ1) is 12.8. The molecule has 0 bridgehead atoms. The fraction of sp³-hybridized carbons (Fsp3) is 0.533. The Hall–Kier alpha value is -1.69. The molecule has 0 radical (unpaired) electrons. The predicted molar refractivity (Wildman–Crippen MR) is 72.6 cm³/mol. The summed E-state index contributed by atoms with van der Waals surface area (Å²) in [6.07, 6.45) is 2.86. The maximum atomic E-state index is 9.49. The van der Waals surface area contributed by atoms with Gasteiger partial charge in [-0.25, -0.2) is 0 Å². The second-order valence-electron chi connectivity index (χ2n) is 5.89. The van der Waals surface area contributed by atoms with E-state index in [4.69, 9.17) is 4.74 Å². The van der Waals surface area contributed by atoms with E-state index in [1.165, 1.54) is 0 Å². The number of rotatable bonds is 3. The topological polar surface area (TPSA) is 45.0 Å². The molecular weight excluding hydrogens is 224 g/mol. The van der Waals surface area contributed by atoms with Gasteiger partial charge in [0.15, 0.2) is 0 Å². The molecule has 0 aromatic heterocycles. The summed E-state index contributed by atoms with van der Waals surface area (Å²) in [6.45, 7) is 4.44. The number of benzene rings is 1. The molecule has 0 aliphatic heterocycles. The zero-order valence-electron chi connectivity index (χ0n) is 11.3. The number of methoxy groups -OCH3 is 1. The van der Waals surface area contributed by atoms with E-state index in [-0.39, 0.29) is 5.41 Å². The first-order valence-electron chi connectivity index (χ1n) is 6.32. The van der Waals surface area contributed by atoms with Gasteiger partial charge in [-0.3, -0.25) is 0 Å². The number of anilines is 1. The number of nitriles is 1. The highest BCUT2D eigenvalue weighted by atomic mass is 16.5. The zero-order chi connectivity index (χ0) is 13.2. The van der Waals surface area contributed by atoms with Crippen LogP contribution in [-0.4, -0.2) is 12.6 Å². The minimum absolute atomic E-state index is 0.238. The molecule has 1 saturated carbocycles. The van der Waals surface area contributed by atoms with Crippen LogP contribution in [0.3, 0.4) is 0 Å². The van der Waals surface area contributed by atoms with Crippen molar-refractivity contribution in [2.75, 3.05) is 12.4 Å². The van der Waals surface area contributed by atoms with Crippen molar-refractivity contribution >= 4 is 5.69 Å². The summed E-state index contributed by atoms with van der Waals surface area (Å²) in [4.78, 5) is 0. The lowest BCUT2D eigenvalue weighted by atomic mass is 9.88. The van der Waals surface area contributed by atoms with Gasteiger partial charge in [0.1, 0.15) is 11.3 Å². The van der Waals surface area contributed by atoms with E-state index in [2.05, 4.69) is 25.2 Å². The average Bonchev–Trinajstić information content (AvgIpc) is 2.66. The molecule has 1 aliphatic carbocycles. The number of hydrogen-bond donors (Lipinski definition) is 1. The van der Waals surface area contributed by atoms with Gasteiger partial charge in [0, 0.05) is 11.8 Å². The van der Waals surface area contributed by atoms with Gasteiger partial charge in [-0.05, 0) is 36.8 Å². The van der Waals surface area contributed by atoms with Crippen LogP contribution in [0.25, 0.3) is 0 Å². The van der Waals surface area contributed by atoms with Crippen LogP contribution in [0.2, 0.25) is 0 Å². The largest absolute Gasteiger partial charge is 0.497 e. The summed E-state index contributed by atoms with van der Waals surface area (Å²) in [5.41, 5.74) is 0.755. The van der Waals surface area contributed by atoms with E-state index in [9.17, 15) is 5.26 Å². The van der Waals surface area contributed by atoms with Crippen molar-refractivity contribution in [3.8, 4) is 11.8 Å². The Balaban J connectivity index is 2.19. The molecule has 3 nitrogen and oxygen atoms in total. The van der Waals surface area contributed by atoms with Crippen LogP contribution in [0.5, 0.6) is 5.75 Å². The van der Waals surface area contributed by atoms with Crippen molar-refractivity contribution in [3.63, 3.8) is 0 Å². The van der Waals surface area contributed by atoms with Crippen molar-refractivity contribution in [2.24, 2.45) is 5.41 Å².